The third-order valence-electron chi connectivity index (χ3n) is 3.37. The molecule has 8 heteroatoms. The Bertz CT molecular complexity index is 732. The maximum atomic E-state index is 12.4. The second-order valence-electron chi connectivity index (χ2n) is 5.04. The summed E-state index contributed by atoms with van der Waals surface area (Å²) in [6.45, 7) is 2.50. The van der Waals surface area contributed by atoms with Crippen LogP contribution in [0.25, 0.3) is 0 Å². The summed E-state index contributed by atoms with van der Waals surface area (Å²) in [4.78, 5) is 27.2. The van der Waals surface area contributed by atoms with Gasteiger partial charge in [0.15, 0.2) is 0 Å². The van der Waals surface area contributed by atoms with E-state index in [1.54, 1.807) is 16.7 Å². The molecule has 2 heterocycles. The van der Waals surface area contributed by atoms with Crippen LogP contribution in [0, 0.1) is 6.92 Å². The SMILES string of the molecule is Cc1nnc(NC(=O)CCC(=O)N2CCSc3ccccc32)s1. The summed E-state index contributed by atoms with van der Waals surface area (Å²) in [6, 6.07) is 7.86. The second-order valence-corrected chi connectivity index (χ2v) is 7.35. The fraction of sp³-hybridized carbons (Fsp3) is 0.333. The number of nitrogens with zero attached hydrogens (tertiary/aromatic N) is 3. The summed E-state index contributed by atoms with van der Waals surface area (Å²) in [5.41, 5.74) is 0.939. The van der Waals surface area contributed by atoms with E-state index >= 15 is 0 Å². The minimum atomic E-state index is -0.214. The Hall–Kier alpha value is -1.93. The van der Waals surface area contributed by atoms with Crippen LogP contribution in [0.2, 0.25) is 0 Å². The molecule has 0 saturated heterocycles. The number of para-hydroxylation sites is 1. The van der Waals surface area contributed by atoms with E-state index in [9.17, 15) is 9.59 Å². The number of aromatic nitrogens is 2. The third-order valence-corrected chi connectivity index (χ3v) is 5.16. The van der Waals surface area contributed by atoms with Crippen molar-refractivity contribution >= 4 is 45.7 Å². The van der Waals surface area contributed by atoms with Gasteiger partial charge in [0, 0.05) is 30.0 Å². The maximum Gasteiger partial charge on any atom is 0.227 e. The first-order chi connectivity index (χ1) is 11.1. The molecule has 0 spiro atoms. The predicted octanol–water partition coefficient (Wildman–Crippen LogP) is 2.70. The average Bonchev–Trinajstić information content (AvgIpc) is 2.97. The van der Waals surface area contributed by atoms with E-state index in [0.717, 1.165) is 21.3 Å². The van der Waals surface area contributed by atoms with E-state index in [0.29, 0.717) is 11.7 Å². The number of amides is 2. The van der Waals surface area contributed by atoms with Crippen LogP contribution in [-0.2, 0) is 9.59 Å². The number of carbonyl (C=O) groups excluding carboxylic acids is 2. The number of nitrogens with one attached hydrogen (secondary N) is 1. The Morgan fingerprint density at radius 2 is 2.09 bits per heavy atom. The summed E-state index contributed by atoms with van der Waals surface area (Å²) < 4.78 is 0. The molecular weight excluding hydrogens is 332 g/mol. The lowest BCUT2D eigenvalue weighted by molar-refractivity contribution is -0.122. The molecule has 1 aromatic heterocycles. The van der Waals surface area contributed by atoms with E-state index in [4.69, 9.17) is 0 Å². The highest BCUT2D eigenvalue weighted by molar-refractivity contribution is 7.99. The Balaban J connectivity index is 1.57. The van der Waals surface area contributed by atoms with Gasteiger partial charge in [-0.1, -0.05) is 23.5 Å². The van der Waals surface area contributed by atoms with E-state index < -0.39 is 0 Å². The molecule has 0 radical (unpaired) electrons. The quantitative estimate of drug-likeness (QED) is 0.919. The monoisotopic (exact) mass is 348 g/mol. The predicted molar refractivity (Wildman–Crippen MR) is 92.0 cm³/mol. The number of carbonyl (C=O) groups is 2. The van der Waals surface area contributed by atoms with Gasteiger partial charge in [-0.05, 0) is 19.1 Å². The minimum absolute atomic E-state index is 0.0265. The highest BCUT2D eigenvalue weighted by Gasteiger charge is 2.23. The molecule has 1 N–H and O–H groups in total. The molecular formula is C15H16N4O2S2. The summed E-state index contributed by atoms with van der Waals surface area (Å²) in [6.07, 6.45) is 0.325. The number of hydrogen-bond donors (Lipinski definition) is 1. The molecule has 1 aromatic carbocycles. The van der Waals surface area contributed by atoms with Gasteiger partial charge in [0.2, 0.25) is 16.9 Å². The molecule has 3 rings (SSSR count). The summed E-state index contributed by atoms with van der Waals surface area (Å²) in [5, 5.41) is 11.6. The fourth-order valence-electron chi connectivity index (χ4n) is 2.31. The molecule has 0 bridgehead atoms. The van der Waals surface area contributed by atoms with E-state index in [1.807, 2.05) is 31.2 Å². The smallest absolute Gasteiger partial charge is 0.227 e. The van der Waals surface area contributed by atoms with Gasteiger partial charge in [-0.25, -0.2) is 0 Å². The molecule has 0 saturated carbocycles. The molecule has 120 valence electrons. The largest absolute Gasteiger partial charge is 0.310 e. The zero-order valence-corrected chi connectivity index (χ0v) is 14.2. The molecule has 6 nitrogen and oxygen atoms in total. The van der Waals surface area contributed by atoms with Crippen LogP contribution in [0.5, 0.6) is 0 Å². The molecule has 0 atom stereocenters. The van der Waals surface area contributed by atoms with Gasteiger partial charge in [-0.15, -0.1) is 22.0 Å². The lowest BCUT2D eigenvalue weighted by Crippen LogP contribution is -2.35. The third kappa shape index (κ3) is 3.89. The van der Waals surface area contributed by atoms with Crippen molar-refractivity contribution in [3.05, 3.63) is 29.3 Å². The van der Waals surface area contributed by atoms with Crippen molar-refractivity contribution in [2.45, 2.75) is 24.7 Å². The van der Waals surface area contributed by atoms with Crippen LogP contribution < -0.4 is 10.2 Å². The van der Waals surface area contributed by atoms with Crippen molar-refractivity contribution in [1.29, 1.82) is 0 Å². The van der Waals surface area contributed by atoms with Gasteiger partial charge in [0.05, 0.1) is 5.69 Å². The topological polar surface area (TPSA) is 75.2 Å². The lowest BCUT2D eigenvalue weighted by atomic mass is 10.2. The Labute approximate surface area is 142 Å². The number of aryl methyl sites for hydroxylation is 1. The van der Waals surface area contributed by atoms with Crippen molar-refractivity contribution in [1.82, 2.24) is 10.2 Å². The number of fused-ring (bicyclic) bond motifs is 1. The van der Waals surface area contributed by atoms with Crippen molar-refractivity contribution in [2.75, 3.05) is 22.5 Å². The summed E-state index contributed by atoms with van der Waals surface area (Å²) in [5.74, 6) is 0.634. The first kappa shape index (κ1) is 15.9. The minimum Gasteiger partial charge on any atom is -0.310 e. The van der Waals surface area contributed by atoms with Crippen molar-refractivity contribution < 1.29 is 9.59 Å². The van der Waals surface area contributed by atoms with E-state index in [2.05, 4.69) is 15.5 Å². The van der Waals surface area contributed by atoms with Gasteiger partial charge < -0.3 is 10.2 Å². The zero-order chi connectivity index (χ0) is 16.2. The van der Waals surface area contributed by atoms with Crippen LogP contribution in [0.1, 0.15) is 17.8 Å². The van der Waals surface area contributed by atoms with Crippen molar-refractivity contribution in [3.8, 4) is 0 Å². The maximum absolute atomic E-state index is 12.4. The van der Waals surface area contributed by atoms with Gasteiger partial charge >= 0.3 is 0 Å². The van der Waals surface area contributed by atoms with E-state index in [-0.39, 0.29) is 24.7 Å². The lowest BCUT2D eigenvalue weighted by Gasteiger charge is -2.28. The first-order valence-corrected chi connectivity index (χ1v) is 9.06. The fourth-order valence-corrected chi connectivity index (χ4v) is 3.92. The Kier molecular flexibility index (Phi) is 4.92. The van der Waals surface area contributed by atoms with Crippen molar-refractivity contribution in [2.24, 2.45) is 0 Å². The van der Waals surface area contributed by atoms with Gasteiger partial charge in [-0.2, -0.15) is 0 Å². The first-order valence-electron chi connectivity index (χ1n) is 7.25. The zero-order valence-electron chi connectivity index (χ0n) is 12.6. The summed E-state index contributed by atoms with van der Waals surface area (Å²) in [7, 11) is 0. The second kappa shape index (κ2) is 7.10. The molecule has 0 fully saturated rings. The molecule has 23 heavy (non-hydrogen) atoms. The standard InChI is InChI=1S/C15H16N4O2S2/c1-10-17-18-15(23-10)16-13(20)6-7-14(21)19-8-9-22-12-5-3-2-4-11(12)19/h2-5H,6-9H2,1H3,(H,16,18,20). The molecule has 0 aliphatic carbocycles. The van der Waals surface area contributed by atoms with Crippen LogP contribution >= 0.6 is 23.1 Å². The Morgan fingerprint density at radius 3 is 2.87 bits per heavy atom. The number of rotatable bonds is 4. The summed E-state index contributed by atoms with van der Waals surface area (Å²) >= 11 is 3.07. The van der Waals surface area contributed by atoms with Gasteiger partial charge in [0.1, 0.15) is 5.01 Å². The van der Waals surface area contributed by atoms with Crippen LogP contribution in [0.3, 0.4) is 0 Å². The molecule has 2 aromatic rings. The Morgan fingerprint density at radius 1 is 1.26 bits per heavy atom. The number of benzene rings is 1. The number of anilines is 2. The van der Waals surface area contributed by atoms with Crippen LogP contribution in [0.15, 0.2) is 29.2 Å². The number of thioether (sulfide) groups is 1. The van der Waals surface area contributed by atoms with Crippen LogP contribution in [0.4, 0.5) is 10.8 Å². The van der Waals surface area contributed by atoms with E-state index in [1.165, 1.54) is 11.3 Å². The molecule has 0 unspecified atom stereocenters. The van der Waals surface area contributed by atoms with Crippen molar-refractivity contribution in [3.63, 3.8) is 0 Å². The van der Waals surface area contributed by atoms with Gasteiger partial charge in [0.25, 0.3) is 0 Å². The highest BCUT2D eigenvalue weighted by Crippen LogP contribution is 2.34. The molecule has 1 aliphatic heterocycles. The average molecular weight is 348 g/mol. The number of hydrogen-bond acceptors (Lipinski definition) is 6. The molecule has 1 aliphatic rings. The van der Waals surface area contributed by atoms with Crippen LogP contribution in [-0.4, -0.2) is 34.3 Å². The van der Waals surface area contributed by atoms with Gasteiger partial charge in [-0.3, -0.25) is 9.59 Å². The highest BCUT2D eigenvalue weighted by atomic mass is 32.2. The normalized spacial score (nSPS) is 13.5. The molecule has 2 amide bonds.